The summed E-state index contributed by atoms with van der Waals surface area (Å²) < 4.78 is 33.4. The molecular formula is C16H20F2N2O3. The first-order chi connectivity index (χ1) is 11.0. The summed E-state index contributed by atoms with van der Waals surface area (Å²) in [6, 6.07) is 6.24. The highest BCUT2D eigenvalue weighted by Crippen LogP contribution is 2.32. The van der Waals surface area contributed by atoms with Crippen molar-refractivity contribution in [2.45, 2.75) is 25.3 Å². The van der Waals surface area contributed by atoms with E-state index in [0.717, 1.165) is 6.42 Å². The number of carbonyl (C=O) groups is 2. The molecule has 5 nitrogen and oxygen atoms in total. The van der Waals surface area contributed by atoms with E-state index in [9.17, 15) is 18.4 Å². The molecule has 1 fully saturated rings. The molecule has 0 saturated carbocycles. The number of halogens is 2. The second kappa shape index (κ2) is 7.50. The van der Waals surface area contributed by atoms with Crippen LogP contribution >= 0.6 is 0 Å². The van der Waals surface area contributed by atoms with Crippen molar-refractivity contribution < 1.29 is 23.1 Å². The second-order valence-corrected chi connectivity index (χ2v) is 5.30. The maximum absolute atomic E-state index is 14.4. The summed E-state index contributed by atoms with van der Waals surface area (Å²) in [4.78, 5) is 25.1. The summed E-state index contributed by atoms with van der Waals surface area (Å²) in [6.07, 6.45) is 0.923. The SMILES string of the molecule is CCOC(=O)C(F)(F)[C@H](NCC(=O)N1CCC1)c1ccccc1. The molecule has 7 heteroatoms. The maximum Gasteiger partial charge on any atom is 0.379 e. The number of hydrogen-bond acceptors (Lipinski definition) is 4. The minimum Gasteiger partial charge on any atom is -0.462 e. The van der Waals surface area contributed by atoms with E-state index in [4.69, 9.17) is 0 Å². The van der Waals surface area contributed by atoms with Gasteiger partial charge in [0.05, 0.1) is 13.2 Å². The minimum absolute atomic E-state index is 0.136. The minimum atomic E-state index is -3.77. The molecule has 0 radical (unpaired) electrons. The van der Waals surface area contributed by atoms with Gasteiger partial charge >= 0.3 is 11.9 Å². The van der Waals surface area contributed by atoms with Gasteiger partial charge in [0, 0.05) is 13.1 Å². The largest absolute Gasteiger partial charge is 0.462 e. The first-order valence-electron chi connectivity index (χ1n) is 7.58. The topological polar surface area (TPSA) is 58.6 Å². The van der Waals surface area contributed by atoms with Gasteiger partial charge in [-0.2, -0.15) is 8.78 Å². The fraction of sp³-hybridized carbons (Fsp3) is 0.500. The third-order valence-electron chi connectivity index (χ3n) is 3.71. The predicted octanol–water partition coefficient (Wildman–Crippen LogP) is 1.75. The third kappa shape index (κ3) is 4.04. The van der Waals surface area contributed by atoms with Crippen LogP contribution in [0.3, 0.4) is 0 Å². The Morgan fingerprint density at radius 2 is 1.96 bits per heavy atom. The summed E-state index contributed by atoms with van der Waals surface area (Å²) in [6.45, 7) is 2.36. The van der Waals surface area contributed by atoms with Gasteiger partial charge in [0.1, 0.15) is 6.04 Å². The smallest absolute Gasteiger partial charge is 0.379 e. The van der Waals surface area contributed by atoms with Crippen LogP contribution in [-0.4, -0.2) is 48.9 Å². The van der Waals surface area contributed by atoms with E-state index in [1.165, 1.54) is 19.1 Å². The van der Waals surface area contributed by atoms with Crippen LogP contribution in [0, 0.1) is 0 Å². The highest BCUT2D eigenvalue weighted by Gasteiger charge is 2.49. The molecule has 1 aliphatic rings. The molecule has 0 aromatic heterocycles. The molecule has 1 aromatic rings. The Kier molecular flexibility index (Phi) is 5.65. The van der Waals surface area contributed by atoms with Crippen molar-refractivity contribution >= 4 is 11.9 Å². The van der Waals surface area contributed by atoms with E-state index in [0.29, 0.717) is 13.1 Å². The number of nitrogens with zero attached hydrogens (tertiary/aromatic N) is 1. The third-order valence-corrected chi connectivity index (χ3v) is 3.71. The number of carbonyl (C=O) groups excluding carboxylic acids is 2. The van der Waals surface area contributed by atoms with Crippen molar-refractivity contribution in [2.75, 3.05) is 26.2 Å². The number of ether oxygens (including phenoxy) is 1. The monoisotopic (exact) mass is 326 g/mol. The first kappa shape index (κ1) is 17.3. The first-order valence-corrected chi connectivity index (χ1v) is 7.58. The number of alkyl halides is 2. The lowest BCUT2D eigenvalue weighted by Gasteiger charge is -2.32. The van der Waals surface area contributed by atoms with Crippen molar-refractivity contribution in [2.24, 2.45) is 0 Å². The van der Waals surface area contributed by atoms with Crippen LogP contribution in [0.5, 0.6) is 0 Å². The van der Waals surface area contributed by atoms with E-state index in [1.807, 2.05) is 0 Å². The van der Waals surface area contributed by atoms with E-state index in [2.05, 4.69) is 10.1 Å². The molecule has 0 spiro atoms. The lowest BCUT2D eigenvalue weighted by atomic mass is 10.0. The number of rotatable bonds is 7. The average Bonchev–Trinajstić information content (AvgIpc) is 2.46. The van der Waals surface area contributed by atoms with Crippen LogP contribution in [0.25, 0.3) is 0 Å². The molecule has 2 rings (SSSR count). The van der Waals surface area contributed by atoms with Crippen LogP contribution in [0.2, 0.25) is 0 Å². The molecular weight excluding hydrogens is 306 g/mol. The van der Waals surface area contributed by atoms with Gasteiger partial charge in [-0.15, -0.1) is 0 Å². The van der Waals surface area contributed by atoms with Crippen LogP contribution in [0.1, 0.15) is 24.9 Å². The normalized spacial score (nSPS) is 15.7. The number of likely N-dealkylation sites (tertiary alicyclic amines) is 1. The fourth-order valence-corrected chi connectivity index (χ4v) is 2.31. The molecule has 0 bridgehead atoms. The van der Waals surface area contributed by atoms with Gasteiger partial charge in [-0.25, -0.2) is 4.79 Å². The van der Waals surface area contributed by atoms with Crippen molar-refractivity contribution in [1.29, 1.82) is 0 Å². The summed E-state index contributed by atoms with van der Waals surface area (Å²) in [5, 5.41) is 2.52. The number of esters is 1. The van der Waals surface area contributed by atoms with Gasteiger partial charge in [-0.1, -0.05) is 30.3 Å². The lowest BCUT2D eigenvalue weighted by molar-refractivity contribution is -0.176. The molecule has 1 aromatic carbocycles. The van der Waals surface area contributed by atoms with Crippen LogP contribution in [-0.2, 0) is 14.3 Å². The molecule has 0 aliphatic carbocycles. The fourth-order valence-electron chi connectivity index (χ4n) is 2.31. The molecule has 126 valence electrons. The summed E-state index contributed by atoms with van der Waals surface area (Å²) in [7, 11) is 0. The zero-order valence-electron chi connectivity index (χ0n) is 12.9. The van der Waals surface area contributed by atoms with Crippen molar-refractivity contribution in [1.82, 2.24) is 10.2 Å². The van der Waals surface area contributed by atoms with Gasteiger partial charge in [0.2, 0.25) is 5.91 Å². The van der Waals surface area contributed by atoms with Crippen LogP contribution in [0.15, 0.2) is 30.3 Å². The number of hydrogen-bond donors (Lipinski definition) is 1. The van der Waals surface area contributed by atoms with Crippen LogP contribution < -0.4 is 5.32 Å². The number of nitrogens with one attached hydrogen (secondary N) is 1. The quantitative estimate of drug-likeness (QED) is 0.776. The zero-order chi connectivity index (χ0) is 16.9. The summed E-state index contributed by atoms with van der Waals surface area (Å²) >= 11 is 0. The van der Waals surface area contributed by atoms with E-state index >= 15 is 0 Å². The molecule has 1 N–H and O–H groups in total. The van der Waals surface area contributed by atoms with Gasteiger partial charge in [-0.05, 0) is 18.9 Å². The van der Waals surface area contributed by atoms with E-state index in [1.54, 1.807) is 23.1 Å². The Hall–Kier alpha value is -2.02. The van der Waals surface area contributed by atoms with E-state index in [-0.39, 0.29) is 24.6 Å². The Bertz CT molecular complexity index is 548. The van der Waals surface area contributed by atoms with Gasteiger partial charge in [0.25, 0.3) is 0 Å². The molecule has 1 atom stereocenters. The van der Waals surface area contributed by atoms with Gasteiger partial charge < -0.3 is 9.64 Å². The standard InChI is InChI=1S/C16H20F2N2O3/c1-2-23-15(22)16(17,18)14(12-7-4-3-5-8-12)19-11-13(21)20-9-6-10-20/h3-5,7-8,14,19H,2,6,9-11H2,1H3/t14-/m1/s1. The van der Waals surface area contributed by atoms with E-state index < -0.39 is 17.9 Å². The predicted molar refractivity (Wildman–Crippen MR) is 80.0 cm³/mol. The number of amides is 1. The molecule has 1 heterocycles. The Morgan fingerprint density at radius 1 is 1.30 bits per heavy atom. The zero-order valence-corrected chi connectivity index (χ0v) is 12.9. The molecule has 1 aliphatic heterocycles. The second-order valence-electron chi connectivity index (χ2n) is 5.30. The molecule has 1 amide bonds. The molecule has 0 unspecified atom stereocenters. The van der Waals surface area contributed by atoms with Gasteiger partial charge in [-0.3, -0.25) is 10.1 Å². The van der Waals surface area contributed by atoms with Crippen molar-refractivity contribution in [3.8, 4) is 0 Å². The van der Waals surface area contributed by atoms with Crippen molar-refractivity contribution in [3.05, 3.63) is 35.9 Å². The number of benzene rings is 1. The maximum atomic E-state index is 14.4. The average molecular weight is 326 g/mol. The summed E-state index contributed by atoms with van der Waals surface area (Å²) in [5.41, 5.74) is 0.224. The Morgan fingerprint density at radius 3 is 2.48 bits per heavy atom. The molecule has 1 saturated heterocycles. The van der Waals surface area contributed by atoms with Crippen LogP contribution in [0.4, 0.5) is 8.78 Å². The Balaban J connectivity index is 2.14. The highest BCUT2D eigenvalue weighted by atomic mass is 19.3. The molecule has 23 heavy (non-hydrogen) atoms. The Labute approximate surface area is 133 Å². The summed E-state index contributed by atoms with van der Waals surface area (Å²) in [5.74, 6) is -5.62. The lowest BCUT2D eigenvalue weighted by Crippen LogP contribution is -2.50. The van der Waals surface area contributed by atoms with Crippen molar-refractivity contribution in [3.63, 3.8) is 0 Å². The van der Waals surface area contributed by atoms with Gasteiger partial charge in [0.15, 0.2) is 0 Å². The highest BCUT2D eigenvalue weighted by molar-refractivity contribution is 5.80.